The van der Waals surface area contributed by atoms with Crippen LogP contribution in [0.2, 0.25) is 0 Å². The van der Waals surface area contributed by atoms with Crippen molar-refractivity contribution in [3.05, 3.63) is 29.6 Å². The molecule has 0 aliphatic carbocycles. The number of hydrogen-bond acceptors (Lipinski definition) is 1. The quantitative estimate of drug-likeness (QED) is 0.673. The molecule has 3 heteroatoms. The summed E-state index contributed by atoms with van der Waals surface area (Å²) in [4.78, 5) is 0.606. The molecule has 72 valence electrons. The summed E-state index contributed by atoms with van der Waals surface area (Å²) in [6.07, 6.45) is 1.57. The molecule has 0 fully saturated rings. The smallest absolute Gasteiger partial charge is 0.158 e. The van der Waals surface area contributed by atoms with E-state index in [2.05, 4.69) is 0 Å². The van der Waals surface area contributed by atoms with Crippen LogP contribution in [0, 0.1) is 5.82 Å². The summed E-state index contributed by atoms with van der Waals surface area (Å²) < 4.78 is 24.1. The van der Waals surface area contributed by atoms with E-state index in [1.807, 2.05) is 13.8 Å². The number of hydrogen-bond donors (Lipinski definition) is 0. The lowest BCUT2D eigenvalue weighted by Crippen LogP contribution is -2.04. The van der Waals surface area contributed by atoms with Crippen molar-refractivity contribution in [2.45, 2.75) is 24.7 Å². The number of halogens is 1. The van der Waals surface area contributed by atoms with Crippen LogP contribution in [0.3, 0.4) is 0 Å². The Balaban J connectivity index is 3.19. The first-order valence-corrected chi connectivity index (χ1v) is 5.71. The molecule has 0 spiro atoms. The van der Waals surface area contributed by atoms with E-state index in [0.717, 1.165) is 5.56 Å². The Kier molecular flexibility index (Phi) is 3.33. The van der Waals surface area contributed by atoms with Crippen LogP contribution in [-0.4, -0.2) is 10.8 Å². The molecular weight excluding hydrogens is 187 g/mol. The van der Waals surface area contributed by atoms with Crippen molar-refractivity contribution in [1.29, 1.82) is 0 Å². The largest absolute Gasteiger partial charge is 0.612 e. The highest BCUT2D eigenvalue weighted by Crippen LogP contribution is 2.24. The molecule has 1 atom stereocenters. The fraction of sp³-hybridized carbons (Fsp3) is 0.400. The van der Waals surface area contributed by atoms with E-state index in [1.54, 1.807) is 12.3 Å². The van der Waals surface area contributed by atoms with Gasteiger partial charge in [0.15, 0.2) is 4.90 Å². The Hall–Kier alpha value is -0.540. The van der Waals surface area contributed by atoms with Crippen LogP contribution in [0.4, 0.5) is 4.39 Å². The first kappa shape index (κ1) is 10.5. The molecule has 0 aliphatic rings. The maximum absolute atomic E-state index is 12.8. The summed E-state index contributed by atoms with van der Waals surface area (Å²) in [6, 6.07) is 4.47. The highest BCUT2D eigenvalue weighted by atomic mass is 32.2. The summed E-state index contributed by atoms with van der Waals surface area (Å²) in [6.45, 7) is 4.01. The zero-order chi connectivity index (χ0) is 10.0. The van der Waals surface area contributed by atoms with Gasteiger partial charge in [0.2, 0.25) is 0 Å². The van der Waals surface area contributed by atoms with Gasteiger partial charge in [0.1, 0.15) is 12.1 Å². The van der Waals surface area contributed by atoms with Crippen LogP contribution in [-0.2, 0) is 11.2 Å². The molecular formula is C10H13FOS. The second-order valence-corrected chi connectivity index (χ2v) is 4.64. The normalized spacial score (nSPS) is 13.4. The molecule has 13 heavy (non-hydrogen) atoms. The molecule has 0 aromatic heterocycles. The van der Waals surface area contributed by atoms with Gasteiger partial charge in [-0.3, -0.25) is 0 Å². The minimum absolute atomic E-state index is 0.277. The molecule has 0 heterocycles. The average molecular weight is 200 g/mol. The SMILES string of the molecule is CC(C)c1ccc(F)cc1[S+](C)[O-]. The van der Waals surface area contributed by atoms with Crippen LogP contribution in [0.15, 0.2) is 23.1 Å². The summed E-state index contributed by atoms with van der Waals surface area (Å²) in [7, 11) is 0. The Bertz CT molecular complexity index is 297. The molecule has 1 rings (SSSR count). The fourth-order valence-corrected chi connectivity index (χ4v) is 2.15. The highest BCUT2D eigenvalue weighted by Gasteiger charge is 2.15. The molecule has 1 nitrogen and oxygen atoms in total. The Morgan fingerprint density at radius 2 is 2.00 bits per heavy atom. The van der Waals surface area contributed by atoms with Gasteiger partial charge in [0.05, 0.1) is 0 Å². The molecule has 0 saturated carbocycles. The zero-order valence-electron chi connectivity index (χ0n) is 8.00. The molecule has 1 aromatic rings. The van der Waals surface area contributed by atoms with Crippen molar-refractivity contribution in [2.75, 3.05) is 6.26 Å². The van der Waals surface area contributed by atoms with Gasteiger partial charge in [0.25, 0.3) is 0 Å². The standard InChI is InChI=1S/C10H13FOS/c1-7(2)9-5-4-8(11)6-10(9)13(3)12/h4-7H,1-3H3. The van der Waals surface area contributed by atoms with E-state index in [9.17, 15) is 8.94 Å². The predicted octanol–water partition coefficient (Wildman–Crippen LogP) is 2.69. The molecule has 0 saturated heterocycles. The van der Waals surface area contributed by atoms with Crippen LogP contribution < -0.4 is 0 Å². The van der Waals surface area contributed by atoms with Crippen molar-refractivity contribution < 1.29 is 8.94 Å². The lowest BCUT2D eigenvalue weighted by atomic mass is 10.0. The van der Waals surface area contributed by atoms with Gasteiger partial charge in [-0.2, -0.15) is 0 Å². The Morgan fingerprint density at radius 1 is 1.38 bits per heavy atom. The topological polar surface area (TPSA) is 23.1 Å². The highest BCUT2D eigenvalue weighted by molar-refractivity contribution is 7.90. The van der Waals surface area contributed by atoms with Gasteiger partial charge in [-0.15, -0.1) is 0 Å². The predicted molar refractivity (Wildman–Crippen MR) is 52.8 cm³/mol. The van der Waals surface area contributed by atoms with Gasteiger partial charge in [-0.1, -0.05) is 19.9 Å². The molecule has 1 unspecified atom stereocenters. The summed E-state index contributed by atoms with van der Waals surface area (Å²) >= 11 is -1.11. The number of rotatable bonds is 2. The Labute approximate surface area is 81.2 Å². The van der Waals surface area contributed by atoms with Crippen molar-refractivity contribution in [1.82, 2.24) is 0 Å². The second kappa shape index (κ2) is 4.11. The van der Waals surface area contributed by atoms with Crippen molar-refractivity contribution in [3.8, 4) is 0 Å². The van der Waals surface area contributed by atoms with E-state index < -0.39 is 11.2 Å². The van der Waals surface area contributed by atoms with Gasteiger partial charge < -0.3 is 4.55 Å². The van der Waals surface area contributed by atoms with Gasteiger partial charge in [-0.25, -0.2) is 4.39 Å². The van der Waals surface area contributed by atoms with E-state index in [0.29, 0.717) is 4.90 Å². The lowest BCUT2D eigenvalue weighted by molar-refractivity contribution is 0.591. The van der Waals surface area contributed by atoms with E-state index in [1.165, 1.54) is 12.1 Å². The Morgan fingerprint density at radius 3 is 2.46 bits per heavy atom. The van der Waals surface area contributed by atoms with Gasteiger partial charge in [0, 0.05) is 11.6 Å². The first-order chi connectivity index (χ1) is 6.02. The number of benzene rings is 1. The van der Waals surface area contributed by atoms with Gasteiger partial charge in [-0.05, 0) is 23.2 Å². The summed E-state index contributed by atoms with van der Waals surface area (Å²) in [5.74, 6) is -0.0471. The summed E-state index contributed by atoms with van der Waals surface area (Å²) in [5, 5.41) is 0. The molecule has 0 bridgehead atoms. The first-order valence-electron chi connectivity index (χ1n) is 4.15. The maximum atomic E-state index is 12.8. The molecule has 0 radical (unpaired) electrons. The van der Waals surface area contributed by atoms with E-state index >= 15 is 0 Å². The summed E-state index contributed by atoms with van der Waals surface area (Å²) in [5.41, 5.74) is 0.960. The molecule has 0 N–H and O–H groups in total. The third-order valence-corrected chi connectivity index (χ3v) is 2.88. The van der Waals surface area contributed by atoms with Crippen molar-refractivity contribution in [3.63, 3.8) is 0 Å². The van der Waals surface area contributed by atoms with E-state index in [4.69, 9.17) is 0 Å². The molecule has 0 aliphatic heterocycles. The monoisotopic (exact) mass is 200 g/mol. The van der Waals surface area contributed by atoms with E-state index in [-0.39, 0.29) is 11.7 Å². The third-order valence-electron chi connectivity index (χ3n) is 1.91. The average Bonchev–Trinajstić information content (AvgIpc) is 2.03. The van der Waals surface area contributed by atoms with Crippen molar-refractivity contribution >= 4 is 11.2 Å². The third kappa shape index (κ3) is 2.45. The van der Waals surface area contributed by atoms with Gasteiger partial charge >= 0.3 is 0 Å². The van der Waals surface area contributed by atoms with Crippen molar-refractivity contribution in [2.24, 2.45) is 0 Å². The van der Waals surface area contributed by atoms with Crippen LogP contribution >= 0.6 is 0 Å². The fourth-order valence-electron chi connectivity index (χ4n) is 1.23. The van der Waals surface area contributed by atoms with Crippen LogP contribution in [0.25, 0.3) is 0 Å². The molecule has 0 amide bonds. The zero-order valence-corrected chi connectivity index (χ0v) is 8.82. The minimum atomic E-state index is -1.11. The van der Waals surface area contributed by atoms with Crippen LogP contribution in [0.5, 0.6) is 0 Å². The second-order valence-electron chi connectivity index (χ2n) is 3.29. The maximum Gasteiger partial charge on any atom is 0.158 e. The lowest BCUT2D eigenvalue weighted by Gasteiger charge is -2.12. The minimum Gasteiger partial charge on any atom is -0.612 e. The van der Waals surface area contributed by atoms with Crippen LogP contribution in [0.1, 0.15) is 25.3 Å². The molecule has 1 aromatic carbocycles.